The highest BCUT2D eigenvalue weighted by atomic mass is 32.1. The molecule has 0 unspecified atom stereocenters. The number of rotatable bonds is 1. The molecule has 5 heteroatoms. The Morgan fingerprint density at radius 2 is 2.43 bits per heavy atom. The van der Waals surface area contributed by atoms with Crippen molar-refractivity contribution in [3.05, 3.63) is 23.3 Å². The second-order valence-corrected chi connectivity index (χ2v) is 3.85. The Hall–Kier alpha value is -1.62. The molecule has 0 aliphatic rings. The Morgan fingerprint density at radius 1 is 1.64 bits per heavy atom. The fourth-order valence-electron chi connectivity index (χ4n) is 1.25. The van der Waals surface area contributed by atoms with Crippen LogP contribution >= 0.6 is 11.3 Å². The van der Waals surface area contributed by atoms with Crippen LogP contribution in [-0.4, -0.2) is 17.9 Å². The van der Waals surface area contributed by atoms with Crippen LogP contribution in [0.4, 0.5) is 5.69 Å². The molecule has 0 spiro atoms. The molecule has 0 aromatic carbocycles. The minimum atomic E-state index is -0.149. The van der Waals surface area contributed by atoms with E-state index in [4.69, 9.17) is 5.73 Å². The van der Waals surface area contributed by atoms with Crippen LogP contribution in [0.25, 0.3) is 10.1 Å². The standard InChI is InChI=1S/C9H9N3OS/c1-11-9(13)8-7(10)5-2-3-12-4-6(5)14-8/h2-4H,10H2,1H3,(H,11,13). The minimum absolute atomic E-state index is 0.149. The molecule has 0 aliphatic heterocycles. The van der Waals surface area contributed by atoms with E-state index in [1.807, 2.05) is 6.07 Å². The fraction of sp³-hybridized carbons (Fsp3) is 0.111. The molecule has 0 bridgehead atoms. The predicted molar refractivity (Wildman–Crippen MR) is 57.4 cm³/mol. The lowest BCUT2D eigenvalue weighted by atomic mass is 10.2. The first kappa shape index (κ1) is 8.96. The molecule has 3 N–H and O–H groups in total. The first-order valence-corrected chi connectivity index (χ1v) is 4.89. The molecule has 0 fully saturated rings. The van der Waals surface area contributed by atoms with E-state index in [9.17, 15) is 4.79 Å². The van der Waals surface area contributed by atoms with Crippen molar-refractivity contribution < 1.29 is 4.79 Å². The zero-order valence-corrected chi connectivity index (χ0v) is 8.39. The quantitative estimate of drug-likeness (QED) is 0.739. The van der Waals surface area contributed by atoms with Crippen molar-refractivity contribution in [1.82, 2.24) is 10.3 Å². The number of carbonyl (C=O) groups is 1. The van der Waals surface area contributed by atoms with Gasteiger partial charge in [0.05, 0.1) is 10.4 Å². The normalized spacial score (nSPS) is 10.4. The summed E-state index contributed by atoms with van der Waals surface area (Å²) in [5.41, 5.74) is 6.37. The third kappa shape index (κ3) is 1.22. The van der Waals surface area contributed by atoms with Gasteiger partial charge >= 0.3 is 0 Å². The first-order chi connectivity index (χ1) is 6.74. The van der Waals surface area contributed by atoms with Crippen LogP contribution < -0.4 is 11.1 Å². The molecule has 2 aromatic rings. The van der Waals surface area contributed by atoms with Crippen molar-refractivity contribution in [2.45, 2.75) is 0 Å². The Balaban J connectivity index is 2.68. The summed E-state index contributed by atoms with van der Waals surface area (Å²) in [4.78, 5) is 15.9. The molecule has 0 saturated heterocycles. The van der Waals surface area contributed by atoms with Gasteiger partial charge in [0.2, 0.25) is 0 Å². The number of nitrogens with zero attached hydrogens (tertiary/aromatic N) is 1. The molecular weight excluding hydrogens is 198 g/mol. The molecule has 0 aliphatic carbocycles. The second kappa shape index (κ2) is 3.26. The molecule has 0 saturated carbocycles. The molecule has 2 rings (SSSR count). The maximum atomic E-state index is 11.4. The number of fused-ring (bicyclic) bond motifs is 1. The highest BCUT2D eigenvalue weighted by Gasteiger charge is 2.14. The molecule has 2 aromatic heterocycles. The number of hydrogen-bond donors (Lipinski definition) is 2. The number of amides is 1. The zero-order valence-electron chi connectivity index (χ0n) is 7.57. The van der Waals surface area contributed by atoms with Crippen LogP contribution in [0.1, 0.15) is 9.67 Å². The van der Waals surface area contributed by atoms with Crippen LogP contribution in [-0.2, 0) is 0 Å². The number of thiophene rings is 1. The van der Waals surface area contributed by atoms with Gasteiger partial charge in [-0.3, -0.25) is 9.78 Å². The number of carbonyl (C=O) groups excluding carboxylic acids is 1. The lowest BCUT2D eigenvalue weighted by Crippen LogP contribution is -2.17. The van der Waals surface area contributed by atoms with Gasteiger partial charge in [-0.05, 0) is 6.07 Å². The second-order valence-electron chi connectivity index (χ2n) is 2.80. The molecule has 0 atom stereocenters. The summed E-state index contributed by atoms with van der Waals surface area (Å²) in [6, 6.07) is 1.81. The molecule has 14 heavy (non-hydrogen) atoms. The molecule has 2 heterocycles. The van der Waals surface area contributed by atoms with Crippen LogP contribution in [0.2, 0.25) is 0 Å². The van der Waals surface area contributed by atoms with Gasteiger partial charge in [0.1, 0.15) is 4.88 Å². The van der Waals surface area contributed by atoms with Crippen molar-refractivity contribution in [2.24, 2.45) is 0 Å². The van der Waals surface area contributed by atoms with Crippen molar-refractivity contribution in [3.8, 4) is 0 Å². The number of nitrogens with one attached hydrogen (secondary N) is 1. The molecule has 1 amide bonds. The van der Waals surface area contributed by atoms with Gasteiger partial charge in [0, 0.05) is 24.8 Å². The lowest BCUT2D eigenvalue weighted by Gasteiger charge is -1.95. The van der Waals surface area contributed by atoms with Gasteiger partial charge in [0.15, 0.2) is 0 Å². The number of hydrogen-bond acceptors (Lipinski definition) is 4. The fourth-order valence-corrected chi connectivity index (χ4v) is 2.29. The van der Waals surface area contributed by atoms with Crippen molar-refractivity contribution in [2.75, 3.05) is 12.8 Å². The third-order valence-corrected chi connectivity index (χ3v) is 3.12. The number of pyridine rings is 1. The maximum Gasteiger partial charge on any atom is 0.263 e. The SMILES string of the molecule is CNC(=O)c1sc2cnccc2c1N. The predicted octanol–water partition coefficient (Wildman–Crippen LogP) is 1.24. The van der Waals surface area contributed by atoms with Crippen LogP contribution in [0.5, 0.6) is 0 Å². The van der Waals surface area contributed by atoms with Gasteiger partial charge in [-0.25, -0.2) is 0 Å². The van der Waals surface area contributed by atoms with E-state index in [0.29, 0.717) is 10.6 Å². The molecule has 4 nitrogen and oxygen atoms in total. The average molecular weight is 207 g/mol. The summed E-state index contributed by atoms with van der Waals surface area (Å²) in [7, 11) is 1.59. The van der Waals surface area contributed by atoms with Gasteiger partial charge < -0.3 is 11.1 Å². The van der Waals surface area contributed by atoms with Crippen molar-refractivity contribution >= 4 is 33.0 Å². The van der Waals surface area contributed by atoms with Crippen LogP contribution in [0.15, 0.2) is 18.5 Å². The Bertz CT molecular complexity index is 492. The summed E-state index contributed by atoms with van der Waals surface area (Å²) in [5, 5.41) is 3.45. The summed E-state index contributed by atoms with van der Waals surface area (Å²) in [6.45, 7) is 0. The molecule has 72 valence electrons. The maximum absolute atomic E-state index is 11.4. The average Bonchev–Trinajstić information content (AvgIpc) is 2.56. The monoisotopic (exact) mass is 207 g/mol. The van der Waals surface area contributed by atoms with E-state index in [-0.39, 0.29) is 5.91 Å². The third-order valence-electron chi connectivity index (χ3n) is 1.96. The van der Waals surface area contributed by atoms with Crippen molar-refractivity contribution in [3.63, 3.8) is 0 Å². The Morgan fingerprint density at radius 3 is 3.07 bits per heavy atom. The highest BCUT2D eigenvalue weighted by molar-refractivity contribution is 7.21. The largest absolute Gasteiger partial charge is 0.397 e. The summed E-state index contributed by atoms with van der Waals surface area (Å²) < 4.78 is 0.934. The van der Waals surface area contributed by atoms with E-state index >= 15 is 0 Å². The number of nitrogen functional groups attached to an aromatic ring is 1. The number of anilines is 1. The number of aromatic nitrogens is 1. The topological polar surface area (TPSA) is 68.0 Å². The van der Waals surface area contributed by atoms with Gasteiger partial charge in [-0.15, -0.1) is 11.3 Å². The summed E-state index contributed by atoms with van der Waals surface area (Å²) >= 11 is 1.36. The van der Waals surface area contributed by atoms with Crippen LogP contribution in [0, 0.1) is 0 Å². The summed E-state index contributed by atoms with van der Waals surface area (Å²) in [5.74, 6) is -0.149. The van der Waals surface area contributed by atoms with E-state index in [0.717, 1.165) is 10.1 Å². The molecular formula is C9H9N3OS. The van der Waals surface area contributed by atoms with Gasteiger partial charge in [-0.1, -0.05) is 0 Å². The van der Waals surface area contributed by atoms with Crippen LogP contribution in [0.3, 0.4) is 0 Å². The first-order valence-electron chi connectivity index (χ1n) is 4.08. The Kier molecular flexibility index (Phi) is 2.09. The van der Waals surface area contributed by atoms with E-state index in [1.165, 1.54) is 11.3 Å². The zero-order chi connectivity index (χ0) is 10.1. The number of nitrogens with two attached hydrogens (primary N) is 1. The Labute approximate surface area is 84.8 Å². The van der Waals surface area contributed by atoms with E-state index in [2.05, 4.69) is 10.3 Å². The van der Waals surface area contributed by atoms with E-state index in [1.54, 1.807) is 19.4 Å². The lowest BCUT2D eigenvalue weighted by molar-refractivity contribution is 0.0968. The smallest absolute Gasteiger partial charge is 0.263 e. The van der Waals surface area contributed by atoms with Gasteiger partial charge in [0.25, 0.3) is 5.91 Å². The molecule has 0 radical (unpaired) electrons. The minimum Gasteiger partial charge on any atom is -0.397 e. The van der Waals surface area contributed by atoms with Crippen molar-refractivity contribution in [1.29, 1.82) is 0 Å². The highest BCUT2D eigenvalue weighted by Crippen LogP contribution is 2.32. The summed E-state index contributed by atoms with van der Waals surface area (Å²) in [6.07, 6.45) is 3.38. The van der Waals surface area contributed by atoms with E-state index < -0.39 is 0 Å². The van der Waals surface area contributed by atoms with Gasteiger partial charge in [-0.2, -0.15) is 0 Å².